The number of likely N-dealkylation sites (N-methyl/N-ethyl adjacent to an activating group) is 1. The zero-order valence-corrected chi connectivity index (χ0v) is 14.5. The second-order valence-corrected chi connectivity index (χ2v) is 6.40. The normalized spacial score (nSPS) is 15.2. The molecule has 3 rings (SSSR count). The highest BCUT2D eigenvalue weighted by molar-refractivity contribution is 5.78. The molecule has 1 amide bonds. The zero-order valence-electron chi connectivity index (χ0n) is 14.5. The molecule has 6 heteroatoms. The van der Waals surface area contributed by atoms with Gasteiger partial charge in [0.05, 0.1) is 6.42 Å². The second-order valence-electron chi connectivity index (χ2n) is 6.40. The molecular formula is C19H24N4O2. The Morgan fingerprint density at radius 2 is 2.00 bits per heavy atom. The maximum absolute atomic E-state index is 12.2. The summed E-state index contributed by atoms with van der Waals surface area (Å²) in [4.78, 5) is 21.3. The highest BCUT2D eigenvalue weighted by Crippen LogP contribution is 2.18. The largest absolute Gasteiger partial charge is 0.508 e. The summed E-state index contributed by atoms with van der Waals surface area (Å²) in [5.41, 5.74) is 1.82. The summed E-state index contributed by atoms with van der Waals surface area (Å²) < 4.78 is 0. The fourth-order valence-electron chi connectivity index (χ4n) is 2.98. The Balaban J connectivity index is 1.60. The van der Waals surface area contributed by atoms with Crippen LogP contribution < -0.4 is 10.2 Å². The number of rotatable bonds is 5. The van der Waals surface area contributed by atoms with Crippen molar-refractivity contribution in [2.75, 3.05) is 38.1 Å². The first-order chi connectivity index (χ1) is 12.1. The number of aromatic hydroxyl groups is 1. The van der Waals surface area contributed by atoms with Gasteiger partial charge in [-0.2, -0.15) is 0 Å². The highest BCUT2D eigenvalue weighted by Gasteiger charge is 2.18. The number of carbonyl (C=O) groups excluding carboxylic acids is 1. The molecule has 0 spiro atoms. The van der Waals surface area contributed by atoms with Crippen molar-refractivity contribution in [3.05, 3.63) is 53.7 Å². The Morgan fingerprint density at radius 3 is 2.76 bits per heavy atom. The van der Waals surface area contributed by atoms with Gasteiger partial charge < -0.3 is 20.2 Å². The molecule has 6 nitrogen and oxygen atoms in total. The number of aromatic nitrogens is 1. The first kappa shape index (κ1) is 17.2. The molecule has 1 saturated heterocycles. The molecular weight excluding hydrogens is 316 g/mol. The Morgan fingerprint density at radius 1 is 1.20 bits per heavy atom. The molecule has 132 valence electrons. The number of piperazine rings is 1. The van der Waals surface area contributed by atoms with E-state index in [2.05, 4.69) is 27.1 Å². The molecule has 0 radical (unpaired) electrons. The molecule has 2 aromatic rings. The van der Waals surface area contributed by atoms with Crippen LogP contribution in [0.1, 0.15) is 11.1 Å². The number of nitrogens with one attached hydrogen (secondary N) is 1. The lowest BCUT2D eigenvalue weighted by Crippen LogP contribution is -2.45. The minimum Gasteiger partial charge on any atom is -0.508 e. The van der Waals surface area contributed by atoms with Gasteiger partial charge in [-0.05, 0) is 30.8 Å². The van der Waals surface area contributed by atoms with E-state index in [-0.39, 0.29) is 18.1 Å². The molecule has 0 atom stereocenters. The Labute approximate surface area is 148 Å². The number of carbonyl (C=O) groups is 1. The first-order valence-corrected chi connectivity index (χ1v) is 8.54. The van der Waals surface area contributed by atoms with Crippen LogP contribution in [0, 0.1) is 0 Å². The topological polar surface area (TPSA) is 68.7 Å². The molecule has 0 bridgehead atoms. The SMILES string of the molecule is CN1CCN(c2ncccc2CNC(=O)Cc2cccc(O)c2)CC1. The van der Waals surface area contributed by atoms with Gasteiger partial charge in [-0.25, -0.2) is 4.98 Å². The molecule has 2 heterocycles. The average Bonchev–Trinajstić information content (AvgIpc) is 2.61. The van der Waals surface area contributed by atoms with E-state index < -0.39 is 0 Å². The van der Waals surface area contributed by atoms with Crippen LogP contribution in [-0.4, -0.2) is 54.1 Å². The van der Waals surface area contributed by atoms with Gasteiger partial charge in [0, 0.05) is 44.5 Å². The van der Waals surface area contributed by atoms with Crippen LogP contribution >= 0.6 is 0 Å². The molecule has 25 heavy (non-hydrogen) atoms. The van der Waals surface area contributed by atoms with Gasteiger partial charge in [-0.15, -0.1) is 0 Å². The fourth-order valence-corrected chi connectivity index (χ4v) is 2.98. The maximum Gasteiger partial charge on any atom is 0.224 e. The van der Waals surface area contributed by atoms with Gasteiger partial charge in [0.15, 0.2) is 0 Å². The summed E-state index contributed by atoms with van der Waals surface area (Å²) >= 11 is 0. The molecule has 1 fully saturated rings. The Hall–Kier alpha value is -2.60. The third-order valence-electron chi connectivity index (χ3n) is 4.42. The van der Waals surface area contributed by atoms with E-state index in [9.17, 15) is 9.90 Å². The number of phenolic OH excluding ortho intramolecular Hbond substituents is 1. The van der Waals surface area contributed by atoms with Crippen molar-refractivity contribution >= 4 is 11.7 Å². The molecule has 1 aromatic carbocycles. The van der Waals surface area contributed by atoms with Gasteiger partial charge >= 0.3 is 0 Å². The van der Waals surface area contributed by atoms with Crippen LogP contribution in [0.15, 0.2) is 42.6 Å². The predicted molar refractivity (Wildman–Crippen MR) is 97.6 cm³/mol. The van der Waals surface area contributed by atoms with Crippen molar-refractivity contribution in [1.29, 1.82) is 0 Å². The van der Waals surface area contributed by atoms with Crippen LogP contribution in [0.25, 0.3) is 0 Å². The van der Waals surface area contributed by atoms with E-state index in [4.69, 9.17) is 0 Å². The quantitative estimate of drug-likeness (QED) is 0.861. The summed E-state index contributed by atoms with van der Waals surface area (Å²) in [7, 11) is 2.12. The smallest absolute Gasteiger partial charge is 0.224 e. The summed E-state index contributed by atoms with van der Waals surface area (Å²) in [6.07, 6.45) is 2.05. The van der Waals surface area contributed by atoms with Crippen LogP contribution in [0.5, 0.6) is 5.75 Å². The van der Waals surface area contributed by atoms with Gasteiger partial charge in [0.1, 0.15) is 11.6 Å². The molecule has 1 aromatic heterocycles. The molecule has 0 aliphatic carbocycles. The van der Waals surface area contributed by atoms with E-state index in [1.165, 1.54) is 0 Å². The van der Waals surface area contributed by atoms with E-state index in [1.807, 2.05) is 18.2 Å². The number of phenols is 1. The summed E-state index contributed by atoms with van der Waals surface area (Å²) in [5.74, 6) is 1.06. The van der Waals surface area contributed by atoms with Crippen LogP contribution in [0.3, 0.4) is 0 Å². The molecule has 2 N–H and O–H groups in total. The van der Waals surface area contributed by atoms with E-state index in [0.717, 1.165) is 43.1 Å². The fraction of sp³-hybridized carbons (Fsp3) is 0.368. The van der Waals surface area contributed by atoms with Crippen molar-refractivity contribution in [3.63, 3.8) is 0 Å². The number of hydrogen-bond donors (Lipinski definition) is 2. The molecule has 1 aliphatic rings. The summed E-state index contributed by atoms with van der Waals surface area (Å²) in [6, 6.07) is 10.7. The maximum atomic E-state index is 12.2. The summed E-state index contributed by atoms with van der Waals surface area (Å²) in [6.45, 7) is 4.36. The van der Waals surface area contributed by atoms with Gasteiger partial charge in [-0.3, -0.25) is 4.79 Å². The number of benzene rings is 1. The minimum atomic E-state index is -0.0706. The zero-order chi connectivity index (χ0) is 17.6. The van der Waals surface area contributed by atoms with E-state index in [0.29, 0.717) is 6.54 Å². The number of amides is 1. The minimum absolute atomic E-state index is 0.0706. The Bertz CT molecular complexity index is 727. The van der Waals surface area contributed by atoms with E-state index >= 15 is 0 Å². The van der Waals surface area contributed by atoms with Crippen molar-refractivity contribution in [2.45, 2.75) is 13.0 Å². The van der Waals surface area contributed by atoms with Crippen molar-refractivity contribution in [2.24, 2.45) is 0 Å². The highest BCUT2D eigenvalue weighted by atomic mass is 16.3. The average molecular weight is 340 g/mol. The first-order valence-electron chi connectivity index (χ1n) is 8.54. The Kier molecular flexibility index (Phi) is 5.50. The number of anilines is 1. The molecule has 0 saturated carbocycles. The number of pyridine rings is 1. The molecule has 0 unspecified atom stereocenters. The van der Waals surface area contributed by atoms with Crippen LogP contribution in [-0.2, 0) is 17.8 Å². The number of hydrogen-bond acceptors (Lipinski definition) is 5. The third kappa shape index (κ3) is 4.70. The van der Waals surface area contributed by atoms with Crippen LogP contribution in [0.2, 0.25) is 0 Å². The van der Waals surface area contributed by atoms with Gasteiger partial charge in [-0.1, -0.05) is 18.2 Å². The lowest BCUT2D eigenvalue weighted by Gasteiger charge is -2.34. The van der Waals surface area contributed by atoms with E-state index in [1.54, 1.807) is 24.4 Å². The van der Waals surface area contributed by atoms with Crippen LogP contribution in [0.4, 0.5) is 5.82 Å². The van der Waals surface area contributed by atoms with Gasteiger partial charge in [0.25, 0.3) is 0 Å². The standard InChI is InChI=1S/C19H24N4O2/c1-22-8-10-23(11-9-22)19-16(5-3-7-20-19)14-21-18(25)13-15-4-2-6-17(24)12-15/h2-7,12,24H,8-11,13-14H2,1H3,(H,21,25). The third-order valence-corrected chi connectivity index (χ3v) is 4.42. The monoisotopic (exact) mass is 340 g/mol. The second kappa shape index (κ2) is 7.98. The molecule has 1 aliphatic heterocycles. The lowest BCUT2D eigenvalue weighted by molar-refractivity contribution is -0.120. The predicted octanol–water partition coefficient (Wildman–Crippen LogP) is 1.40. The van der Waals surface area contributed by atoms with Crippen molar-refractivity contribution in [3.8, 4) is 5.75 Å². The lowest BCUT2D eigenvalue weighted by atomic mass is 10.1. The summed E-state index contributed by atoms with van der Waals surface area (Å²) in [5, 5.41) is 12.4. The van der Waals surface area contributed by atoms with Crippen molar-refractivity contribution in [1.82, 2.24) is 15.2 Å². The van der Waals surface area contributed by atoms with Crippen molar-refractivity contribution < 1.29 is 9.90 Å². The van der Waals surface area contributed by atoms with Gasteiger partial charge in [0.2, 0.25) is 5.91 Å². The number of nitrogens with zero attached hydrogens (tertiary/aromatic N) is 3.